The SMILES string of the molecule is Cc1ccc(NC(=O)c2ccc(NC(=O)Nc3ccccc3I)cc2)cc1N(c1cccnc1)c1nccs1. The predicted octanol–water partition coefficient (Wildman–Crippen LogP) is 7.82. The lowest BCUT2D eigenvalue weighted by Gasteiger charge is -2.24. The van der Waals surface area contributed by atoms with E-state index in [1.165, 1.54) is 11.3 Å². The summed E-state index contributed by atoms with van der Waals surface area (Å²) >= 11 is 3.68. The molecule has 10 heteroatoms. The van der Waals surface area contributed by atoms with Crippen LogP contribution >= 0.6 is 33.9 Å². The Morgan fingerprint density at radius 1 is 0.872 bits per heavy atom. The minimum Gasteiger partial charge on any atom is -0.322 e. The Balaban J connectivity index is 1.30. The van der Waals surface area contributed by atoms with E-state index in [-0.39, 0.29) is 11.9 Å². The number of amides is 3. The third kappa shape index (κ3) is 6.41. The number of benzene rings is 3. The summed E-state index contributed by atoms with van der Waals surface area (Å²) in [6, 6.07) is 23.5. The topological polar surface area (TPSA) is 99.2 Å². The Morgan fingerprint density at radius 3 is 2.38 bits per heavy atom. The fraction of sp³-hybridized carbons (Fsp3) is 0.0345. The molecule has 0 atom stereocenters. The second-order valence-corrected chi connectivity index (χ2v) is 10.5. The number of pyridine rings is 1. The number of halogens is 1. The number of aromatic nitrogens is 2. The summed E-state index contributed by atoms with van der Waals surface area (Å²) in [5, 5.41) is 11.3. The second kappa shape index (κ2) is 12.0. The van der Waals surface area contributed by atoms with Crippen LogP contribution in [0, 0.1) is 10.5 Å². The third-order valence-corrected chi connectivity index (χ3v) is 7.45. The van der Waals surface area contributed by atoms with Crippen molar-refractivity contribution < 1.29 is 9.59 Å². The number of aryl methyl sites for hydroxylation is 1. The van der Waals surface area contributed by atoms with Gasteiger partial charge in [0.15, 0.2) is 5.13 Å². The Morgan fingerprint density at radius 2 is 1.67 bits per heavy atom. The van der Waals surface area contributed by atoms with E-state index < -0.39 is 0 Å². The number of hydrogen-bond donors (Lipinski definition) is 3. The molecule has 2 heterocycles. The van der Waals surface area contributed by atoms with Gasteiger partial charge in [0.05, 0.1) is 23.3 Å². The summed E-state index contributed by atoms with van der Waals surface area (Å²) in [6.07, 6.45) is 5.27. The Hall–Kier alpha value is -4.29. The molecule has 3 aromatic carbocycles. The molecule has 0 unspecified atom stereocenters. The molecule has 0 radical (unpaired) electrons. The average molecular weight is 647 g/mol. The molecule has 0 aliphatic heterocycles. The molecule has 194 valence electrons. The van der Waals surface area contributed by atoms with Crippen molar-refractivity contribution in [2.45, 2.75) is 6.92 Å². The summed E-state index contributed by atoms with van der Waals surface area (Å²) in [5.74, 6) is -0.262. The smallest absolute Gasteiger partial charge is 0.322 e. The lowest BCUT2D eigenvalue weighted by molar-refractivity contribution is 0.102. The van der Waals surface area contributed by atoms with E-state index in [1.807, 2.05) is 71.8 Å². The highest BCUT2D eigenvalue weighted by Crippen LogP contribution is 2.38. The van der Waals surface area contributed by atoms with Crippen LogP contribution in [0.1, 0.15) is 15.9 Å². The van der Waals surface area contributed by atoms with Crippen molar-refractivity contribution in [3.63, 3.8) is 0 Å². The van der Waals surface area contributed by atoms with Crippen molar-refractivity contribution in [1.29, 1.82) is 0 Å². The van der Waals surface area contributed by atoms with E-state index in [2.05, 4.69) is 48.5 Å². The number of anilines is 6. The molecule has 39 heavy (non-hydrogen) atoms. The Labute approximate surface area is 243 Å². The zero-order chi connectivity index (χ0) is 27.2. The van der Waals surface area contributed by atoms with Gasteiger partial charge in [0.25, 0.3) is 5.91 Å². The van der Waals surface area contributed by atoms with Gasteiger partial charge in [-0.2, -0.15) is 0 Å². The van der Waals surface area contributed by atoms with Crippen molar-refractivity contribution in [2.24, 2.45) is 0 Å². The normalized spacial score (nSPS) is 10.5. The van der Waals surface area contributed by atoms with Crippen LogP contribution in [0.5, 0.6) is 0 Å². The largest absolute Gasteiger partial charge is 0.323 e. The number of rotatable bonds is 7. The molecule has 0 saturated carbocycles. The summed E-state index contributed by atoms with van der Waals surface area (Å²) in [6.45, 7) is 2.01. The molecule has 2 aromatic heterocycles. The molecule has 3 amide bonds. The molecule has 5 rings (SSSR count). The maximum atomic E-state index is 13.0. The van der Waals surface area contributed by atoms with Gasteiger partial charge in [0.1, 0.15) is 0 Å². The highest BCUT2D eigenvalue weighted by atomic mass is 127. The summed E-state index contributed by atoms with van der Waals surface area (Å²) in [5.41, 5.74) is 5.17. The minimum absolute atomic E-state index is 0.262. The second-order valence-electron chi connectivity index (χ2n) is 8.45. The number of hydrogen-bond acceptors (Lipinski definition) is 6. The van der Waals surface area contributed by atoms with E-state index in [9.17, 15) is 9.59 Å². The molecule has 3 N–H and O–H groups in total. The Bertz CT molecular complexity index is 1590. The minimum atomic E-state index is -0.359. The van der Waals surface area contributed by atoms with E-state index in [0.717, 1.165) is 31.3 Å². The molecule has 0 aliphatic carbocycles. The number of carbonyl (C=O) groups is 2. The average Bonchev–Trinajstić information content (AvgIpc) is 3.47. The molecule has 0 fully saturated rings. The number of carbonyl (C=O) groups excluding carboxylic acids is 2. The first-order chi connectivity index (χ1) is 19.0. The van der Waals surface area contributed by atoms with Gasteiger partial charge < -0.3 is 16.0 Å². The van der Waals surface area contributed by atoms with Gasteiger partial charge in [-0.15, -0.1) is 11.3 Å². The fourth-order valence-electron chi connectivity index (χ4n) is 3.85. The molecule has 0 aliphatic rings. The van der Waals surface area contributed by atoms with Gasteiger partial charge in [0.2, 0.25) is 0 Å². The van der Waals surface area contributed by atoms with Crippen molar-refractivity contribution in [3.05, 3.63) is 118 Å². The van der Waals surface area contributed by atoms with Gasteiger partial charge >= 0.3 is 6.03 Å². The monoisotopic (exact) mass is 646 g/mol. The highest BCUT2D eigenvalue weighted by Gasteiger charge is 2.18. The van der Waals surface area contributed by atoms with Crippen molar-refractivity contribution in [1.82, 2.24) is 9.97 Å². The Kier molecular flexibility index (Phi) is 8.13. The third-order valence-electron chi connectivity index (χ3n) is 5.75. The van der Waals surface area contributed by atoms with Crippen LogP contribution in [0.2, 0.25) is 0 Å². The summed E-state index contributed by atoms with van der Waals surface area (Å²) in [4.78, 5) is 36.2. The number of thiazole rings is 1. The highest BCUT2D eigenvalue weighted by molar-refractivity contribution is 14.1. The molecule has 0 bridgehead atoms. The number of nitrogens with zero attached hydrogens (tertiary/aromatic N) is 3. The number of para-hydroxylation sites is 1. The predicted molar refractivity (Wildman–Crippen MR) is 166 cm³/mol. The molecule has 5 aromatic rings. The first-order valence-corrected chi connectivity index (χ1v) is 13.9. The van der Waals surface area contributed by atoms with Crippen LogP contribution < -0.4 is 20.9 Å². The van der Waals surface area contributed by atoms with Crippen molar-refractivity contribution >= 4 is 79.4 Å². The first kappa shape index (κ1) is 26.3. The van der Waals surface area contributed by atoms with Crippen LogP contribution in [0.4, 0.5) is 38.4 Å². The van der Waals surface area contributed by atoms with Gasteiger partial charge in [-0.25, -0.2) is 9.78 Å². The van der Waals surface area contributed by atoms with Crippen LogP contribution in [-0.4, -0.2) is 21.9 Å². The summed E-state index contributed by atoms with van der Waals surface area (Å²) in [7, 11) is 0. The molecular weight excluding hydrogens is 623 g/mol. The lowest BCUT2D eigenvalue weighted by atomic mass is 10.1. The molecule has 0 saturated heterocycles. The quantitative estimate of drug-likeness (QED) is 0.157. The van der Waals surface area contributed by atoms with Crippen molar-refractivity contribution in [2.75, 3.05) is 20.9 Å². The van der Waals surface area contributed by atoms with E-state index in [0.29, 0.717) is 16.9 Å². The number of nitrogens with one attached hydrogen (secondary N) is 3. The standard InChI is InChI=1S/C29H23IN6O2S/c1-19-8-11-22(17-26(19)36(29-32-15-16-39-29)23-5-4-14-31-18-23)33-27(37)20-9-12-21(13-10-20)34-28(38)35-25-7-3-2-6-24(25)30/h2-18H,1H3,(H,33,37)(H2,34,35,38). The lowest BCUT2D eigenvalue weighted by Crippen LogP contribution is -2.20. The maximum Gasteiger partial charge on any atom is 0.323 e. The molecular formula is C29H23IN6O2S. The molecule has 0 spiro atoms. The number of urea groups is 1. The van der Waals surface area contributed by atoms with E-state index >= 15 is 0 Å². The van der Waals surface area contributed by atoms with E-state index in [1.54, 1.807) is 42.9 Å². The van der Waals surface area contributed by atoms with Crippen LogP contribution in [0.15, 0.2) is 103 Å². The van der Waals surface area contributed by atoms with Crippen LogP contribution in [0.3, 0.4) is 0 Å². The van der Waals surface area contributed by atoms with Crippen molar-refractivity contribution in [3.8, 4) is 0 Å². The zero-order valence-corrected chi connectivity index (χ0v) is 23.7. The molecule has 8 nitrogen and oxygen atoms in total. The maximum absolute atomic E-state index is 13.0. The van der Waals surface area contributed by atoms with Crippen LogP contribution in [0.25, 0.3) is 0 Å². The first-order valence-electron chi connectivity index (χ1n) is 11.9. The van der Waals surface area contributed by atoms with Gasteiger partial charge in [-0.3, -0.25) is 14.7 Å². The van der Waals surface area contributed by atoms with Gasteiger partial charge in [-0.1, -0.05) is 18.2 Å². The van der Waals surface area contributed by atoms with E-state index in [4.69, 9.17) is 0 Å². The zero-order valence-electron chi connectivity index (χ0n) is 20.8. The summed E-state index contributed by atoms with van der Waals surface area (Å²) < 4.78 is 0.937. The van der Waals surface area contributed by atoms with Gasteiger partial charge in [0, 0.05) is 38.3 Å². The fourth-order valence-corrected chi connectivity index (χ4v) is 5.04. The van der Waals surface area contributed by atoms with Crippen LogP contribution in [-0.2, 0) is 0 Å². The van der Waals surface area contributed by atoms with Gasteiger partial charge in [-0.05, 0) is 95.7 Å².